The Kier molecular flexibility index (Phi) is 1.70. The van der Waals surface area contributed by atoms with Crippen LogP contribution in [-0.2, 0) is 6.54 Å². The van der Waals surface area contributed by atoms with E-state index in [1.807, 2.05) is 25.3 Å². The fourth-order valence-electron chi connectivity index (χ4n) is 1.14. The predicted octanol–water partition coefficient (Wildman–Crippen LogP) is 1.42. The second kappa shape index (κ2) is 2.85. The fourth-order valence-corrected chi connectivity index (χ4v) is 1.14. The summed E-state index contributed by atoms with van der Waals surface area (Å²) < 4.78 is 5.44. The van der Waals surface area contributed by atoms with Crippen molar-refractivity contribution in [1.82, 2.24) is 10.3 Å². The minimum absolute atomic E-state index is 0.705. The number of aromatic nitrogens is 1. The normalized spacial score (nSPS) is 14.9. The van der Waals surface area contributed by atoms with E-state index >= 15 is 0 Å². The maximum Gasteiger partial charge on any atom is 0.223 e. The number of hydrogen-bond donors (Lipinski definition) is 1. The summed E-state index contributed by atoms with van der Waals surface area (Å²) in [5.74, 6) is 1.55. The van der Waals surface area contributed by atoms with Crippen LogP contribution < -0.4 is 10.1 Å². The van der Waals surface area contributed by atoms with Crippen molar-refractivity contribution in [2.24, 2.45) is 0 Å². The third kappa shape index (κ3) is 1.25. The van der Waals surface area contributed by atoms with Gasteiger partial charge in [0.2, 0.25) is 5.88 Å². The molecule has 0 bridgehead atoms. The highest BCUT2D eigenvalue weighted by molar-refractivity contribution is 5.28. The number of nitrogens with zero attached hydrogens (tertiary/aromatic N) is 1. The van der Waals surface area contributed by atoms with Crippen LogP contribution in [0.15, 0.2) is 30.3 Å². The Morgan fingerprint density at radius 3 is 3.42 bits per heavy atom. The van der Waals surface area contributed by atoms with Gasteiger partial charge >= 0.3 is 0 Å². The highest BCUT2D eigenvalue weighted by Gasteiger charge is 2.07. The van der Waals surface area contributed by atoms with Crippen molar-refractivity contribution in [2.45, 2.75) is 13.5 Å². The Bertz CT molecular complexity index is 320. The second-order valence-corrected chi connectivity index (χ2v) is 2.71. The monoisotopic (exact) mass is 162 g/mol. The van der Waals surface area contributed by atoms with Crippen molar-refractivity contribution >= 4 is 0 Å². The molecular weight excluding hydrogens is 152 g/mol. The lowest BCUT2D eigenvalue weighted by Gasteiger charge is -2.03. The maximum atomic E-state index is 5.44. The lowest BCUT2D eigenvalue weighted by Crippen LogP contribution is -2.02. The van der Waals surface area contributed by atoms with Crippen LogP contribution in [0, 0.1) is 0 Å². The molecule has 0 aromatic carbocycles. The third-order valence-corrected chi connectivity index (χ3v) is 1.71. The summed E-state index contributed by atoms with van der Waals surface area (Å²) in [4.78, 5) is 4.13. The quantitative estimate of drug-likeness (QED) is 0.626. The number of pyridine rings is 1. The van der Waals surface area contributed by atoms with Gasteiger partial charge in [0.1, 0.15) is 5.76 Å². The average molecular weight is 162 g/mol. The second-order valence-electron chi connectivity index (χ2n) is 2.71. The molecule has 0 unspecified atom stereocenters. The molecule has 62 valence electrons. The molecule has 0 saturated carbocycles. The Hall–Kier alpha value is -1.51. The van der Waals surface area contributed by atoms with Crippen molar-refractivity contribution in [3.8, 4) is 5.88 Å². The molecule has 0 radical (unpaired) electrons. The van der Waals surface area contributed by atoms with Crippen LogP contribution in [0.5, 0.6) is 5.88 Å². The summed E-state index contributed by atoms with van der Waals surface area (Å²) in [5, 5.41) is 3.13. The molecule has 0 atom stereocenters. The molecule has 1 N–H and O–H groups in total. The van der Waals surface area contributed by atoms with Crippen molar-refractivity contribution in [3.05, 3.63) is 35.9 Å². The molecule has 2 rings (SSSR count). The minimum Gasteiger partial charge on any atom is -0.442 e. The third-order valence-electron chi connectivity index (χ3n) is 1.71. The van der Waals surface area contributed by atoms with Crippen LogP contribution in [0.25, 0.3) is 0 Å². The molecule has 0 spiro atoms. The van der Waals surface area contributed by atoms with Gasteiger partial charge in [0.05, 0.1) is 0 Å². The average Bonchev–Trinajstić information content (AvgIpc) is 2.25. The van der Waals surface area contributed by atoms with E-state index in [0.717, 1.165) is 17.9 Å². The van der Waals surface area contributed by atoms with E-state index in [4.69, 9.17) is 4.74 Å². The van der Waals surface area contributed by atoms with Crippen molar-refractivity contribution in [3.63, 3.8) is 0 Å². The molecule has 3 heteroatoms. The Morgan fingerprint density at radius 2 is 2.50 bits per heavy atom. The van der Waals surface area contributed by atoms with Crippen LogP contribution in [-0.4, -0.2) is 4.98 Å². The van der Waals surface area contributed by atoms with Gasteiger partial charge in [-0.2, -0.15) is 0 Å². The first-order valence-corrected chi connectivity index (χ1v) is 3.88. The first kappa shape index (κ1) is 7.16. The van der Waals surface area contributed by atoms with E-state index in [-0.39, 0.29) is 0 Å². The molecule has 1 aliphatic rings. The van der Waals surface area contributed by atoms with Crippen molar-refractivity contribution in [2.75, 3.05) is 0 Å². The van der Waals surface area contributed by atoms with Crippen molar-refractivity contribution < 1.29 is 4.74 Å². The zero-order chi connectivity index (χ0) is 8.39. The number of hydrogen-bond acceptors (Lipinski definition) is 3. The van der Waals surface area contributed by atoms with Crippen LogP contribution >= 0.6 is 0 Å². The summed E-state index contributed by atoms with van der Waals surface area (Å²) in [7, 11) is 0. The first-order chi connectivity index (χ1) is 5.86. The highest BCUT2D eigenvalue weighted by atomic mass is 16.5. The molecule has 1 aromatic rings. The van der Waals surface area contributed by atoms with Gasteiger partial charge in [-0.15, -0.1) is 0 Å². The topological polar surface area (TPSA) is 34.2 Å². The minimum atomic E-state index is 0.705. The molecular formula is C9H10N2O. The standard InChI is InChI=1S/C9H10N2O/c1-7-5-10-6-8-3-2-4-11-9(8)12-7/h2-5,10H,6H2,1H3. The molecule has 12 heavy (non-hydrogen) atoms. The summed E-state index contributed by atoms with van der Waals surface area (Å²) in [6.45, 7) is 2.68. The molecule has 0 amide bonds. The van der Waals surface area contributed by atoms with Crippen LogP contribution in [0.3, 0.4) is 0 Å². The van der Waals surface area contributed by atoms with E-state index in [0.29, 0.717) is 5.88 Å². The lowest BCUT2D eigenvalue weighted by atomic mass is 10.3. The summed E-state index contributed by atoms with van der Waals surface area (Å²) in [5.41, 5.74) is 1.09. The van der Waals surface area contributed by atoms with Gasteiger partial charge in [-0.25, -0.2) is 4.98 Å². The Balaban J connectivity index is 2.38. The zero-order valence-corrected chi connectivity index (χ0v) is 6.87. The van der Waals surface area contributed by atoms with E-state index in [9.17, 15) is 0 Å². The van der Waals surface area contributed by atoms with Gasteiger partial charge in [0, 0.05) is 24.5 Å². The van der Waals surface area contributed by atoms with Gasteiger partial charge < -0.3 is 10.1 Å². The summed E-state index contributed by atoms with van der Waals surface area (Å²) >= 11 is 0. The largest absolute Gasteiger partial charge is 0.442 e. The van der Waals surface area contributed by atoms with Gasteiger partial charge in [-0.05, 0) is 13.0 Å². The van der Waals surface area contributed by atoms with Gasteiger partial charge in [-0.1, -0.05) is 6.07 Å². The molecule has 1 aromatic heterocycles. The highest BCUT2D eigenvalue weighted by Crippen LogP contribution is 2.18. The first-order valence-electron chi connectivity index (χ1n) is 3.88. The van der Waals surface area contributed by atoms with E-state index in [1.165, 1.54) is 0 Å². The van der Waals surface area contributed by atoms with Crippen LogP contribution in [0.1, 0.15) is 12.5 Å². The molecule has 0 saturated heterocycles. The maximum absolute atomic E-state index is 5.44. The van der Waals surface area contributed by atoms with Gasteiger partial charge in [-0.3, -0.25) is 0 Å². The van der Waals surface area contributed by atoms with Crippen molar-refractivity contribution in [1.29, 1.82) is 0 Å². The van der Waals surface area contributed by atoms with Gasteiger partial charge in [0.15, 0.2) is 0 Å². The number of allylic oxidation sites excluding steroid dienone is 1. The fraction of sp³-hybridized carbons (Fsp3) is 0.222. The predicted molar refractivity (Wildman–Crippen MR) is 45.5 cm³/mol. The molecule has 2 heterocycles. The van der Waals surface area contributed by atoms with Gasteiger partial charge in [0.25, 0.3) is 0 Å². The lowest BCUT2D eigenvalue weighted by molar-refractivity contribution is 0.409. The smallest absolute Gasteiger partial charge is 0.223 e. The molecule has 1 aliphatic heterocycles. The van der Waals surface area contributed by atoms with Crippen LogP contribution in [0.4, 0.5) is 0 Å². The number of rotatable bonds is 0. The zero-order valence-electron chi connectivity index (χ0n) is 6.87. The van der Waals surface area contributed by atoms with E-state index in [1.54, 1.807) is 6.20 Å². The Labute approximate surface area is 71.1 Å². The number of fused-ring (bicyclic) bond motifs is 1. The SMILES string of the molecule is CC1=CNCc2cccnc2O1. The molecule has 3 nitrogen and oxygen atoms in total. The molecule has 0 aliphatic carbocycles. The summed E-state index contributed by atoms with van der Waals surface area (Å²) in [6, 6.07) is 3.91. The number of nitrogens with one attached hydrogen (secondary N) is 1. The van der Waals surface area contributed by atoms with Crippen LogP contribution in [0.2, 0.25) is 0 Å². The summed E-state index contributed by atoms with van der Waals surface area (Å²) in [6.07, 6.45) is 3.58. The van der Waals surface area contributed by atoms with E-state index < -0.39 is 0 Å². The van der Waals surface area contributed by atoms with E-state index in [2.05, 4.69) is 10.3 Å². The number of ether oxygens (including phenoxy) is 1. The molecule has 0 fully saturated rings. The Morgan fingerprint density at radius 1 is 1.58 bits per heavy atom.